The molecule has 0 spiro atoms. The van der Waals surface area contributed by atoms with E-state index in [-0.39, 0.29) is 7.43 Å². The van der Waals surface area contributed by atoms with Gasteiger partial charge in [-0.15, -0.1) is 0 Å². The molecule has 0 radical (unpaired) electrons. The minimum Gasteiger partial charge on any atom is -0.0998 e. The molecule has 0 aliphatic heterocycles. The van der Waals surface area contributed by atoms with Crippen molar-refractivity contribution >= 4 is 0 Å². The van der Waals surface area contributed by atoms with Crippen LogP contribution in [-0.2, 0) is 0 Å². The normalized spacial score (nSPS) is 17.9. The van der Waals surface area contributed by atoms with Crippen molar-refractivity contribution in [2.24, 2.45) is 23.7 Å². The summed E-state index contributed by atoms with van der Waals surface area (Å²) in [6, 6.07) is 0. The van der Waals surface area contributed by atoms with Crippen LogP contribution in [0.15, 0.2) is 48.1 Å². The minimum atomic E-state index is 0. The van der Waals surface area contributed by atoms with Gasteiger partial charge in [-0.25, -0.2) is 0 Å². The highest BCUT2D eigenvalue weighted by atomic mass is 14.3. The maximum Gasteiger partial charge on any atom is -0.0140 e. The summed E-state index contributed by atoms with van der Waals surface area (Å²) in [7, 11) is 0. The van der Waals surface area contributed by atoms with Gasteiger partial charge in [0.15, 0.2) is 0 Å². The topological polar surface area (TPSA) is 0 Å². The number of rotatable bonds is 14. The second-order valence-electron chi connectivity index (χ2n) is 13.2. The molecule has 0 aromatic rings. The summed E-state index contributed by atoms with van der Waals surface area (Å²) in [5.74, 6) is 2.85. The first kappa shape index (κ1) is 41.1. The van der Waals surface area contributed by atoms with E-state index >= 15 is 0 Å². The van der Waals surface area contributed by atoms with Gasteiger partial charge in [-0.3, -0.25) is 0 Å². The third kappa shape index (κ3) is 22.6. The molecule has 2 atom stereocenters. The number of unbranched alkanes of at least 4 members (excludes halogenated alkanes) is 3. The Morgan fingerprint density at radius 1 is 0.725 bits per heavy atom. The molecule has 0 heterocycles. The summed E-state index contributed by atoms with van der Waals surface area (Å²) in [6.45, 7) is 24.7. The second-order valence-corrected chi connectivity index (χ2v) is 13.2. The molecule has 0 saturated heterocycles. The van der Waals surface area contributed by atoms with Gasteiger partial charge in [-0.05, 0) is 69.1 Å². The molecule has 0 aromatic heterocycles. The lowest BCUT2D eigenvalue weighted by Crippen LogP contribution is -2.16. The molecule has 0 nitrogen and oxygen atoms in total. The van der Waals surface area contributed by atoms with Gasteiger partial charge in [-0.2, -0.15) is 0 Å². The smallest absolute Gasteiger partial charge is 0.0140 e. The van der Waals surface area contributed by atoms with Crippen molar-refractivity contribution in [2.75, 3.05) is 0 Å². The highest BCUT2D eigenvalue weighted by Gasteiger charge is 2.23. The summed E-state index contributed by atoms with van der Waals surface area (Å²) in [6.07, 6.45) is 34.5. The van der Waals surface area contributed by atoms with Crippen molar-refractivity contribution in [1.82, 2.24) is 0 Å². The third-order valence-electron chi connectivity index (χ3n) is 8.84. The van der Waals surface area contributed by atoms with Crippen LogP contribution >= 0.6 is 0 Å². The molecule has 2 saturated carbocycles. The lowest BCUT2D eigenvalue weighted by molar-refractivity contribution is 0.336. The van der Waals surface area contributed by atoms with E-state index in [2.05, 4.69) is 79.9 Å². The molecule has 40 heavy (non-hydrogen) atoms. The number of hydrogen-bond acceptors (Lipinski definition) is 0. The van der Waals surface area contributed by atoms with Crippen LogP contribution in [0.1, 0.15) is 184 Å². The van der Waals surface area contributed by atoms with Gasteiger partial charge in [0.05, 0.1) is 0 Å². The van der Waals surface area contributed by atoms with E-state index in [0.717, 1.165) is 18.3 Å². The zero-order valence-electron chi connectivity index (χ0n) is 28.1. The van der Waals surface area contributed by atoms with Gasteiger partial charge in [0.2, 0.25) is 0 Å². The van der Waals surface area contributed by atoms with Gasteiger partial charge < -0.3 is 0 Å². The van der Waals surface area contributed by atoms with Crippen molar-refractivity contribution in [3.05, 3.63) is 48.1 Å². The average Bonchev–Trinajstić information content (AvgIpc) is 3.22. The summed E-state index contributed by atoms with van der Waals surface area (Å²) in [4.78, 5) is 0. The van der Waals surface area contributed by atoms with E-state index in [9.17, 15) is 0 Å². The van der Waals surface area contributed by atoms with Crippen LogP contribution in [0, 0.1) is 23.7 Å². The van der Waals surface area contributed by atoms with Gasteiger partial charge in [0, 0.05) is 0 Å². The molecule has 0 heteroatoms. The number of allylic oxidation sites excluding steroid dienone is 6. The monoisotopic (exact) mass is 557 g/mol. The van der Waals surface area contributed by atoms with Crippen LogP contribution in [0.25, 0.3) is 0 Å². The van der Waals surface area contributed by atoms with Crippen molar-refractivity contribution in [1.29, 1.82) is 0 Å². The van der Waals surface area contributed by atoms with Crippen LogP contribution in [0.2, 0.25) is 0 Å². The van der Waals surface area contributed by atoms with Crippen LogP contribution in [0.3, 0.4) is 0 Å². The Morgan fingerprint density at radius 3 is 1.65 bits per heavy atom. The summed E-state index contributed by atoms with van der Waals surface area (Å²) in [5.41, 5.74) is 4.26. The Hall–Kier alpha value is -1.04. The fraction of sp³-hybridized carbons (Fsp3) is 0.800. The lowest BCUT2D eigenvalue weighted by Gasteiger charge is -2.27. The summed E-state index contributed by atoms with van der Waals surface area (Å²) >= 11 is 0. The Kier molecular flexibility index (Phi) is 28.9. The molecule has 2 fully saturated rings. The van der Waals surface area contributed by atoms with E-state index in [4.69, 9.17) is 0 Å². The summed E-state index contributed by atoms with van der Waals surface area (Å²) < 4.78 is 0. The van der Waals surface area contributed by atoms with Gasteiger partial charge in [-0.1, -0.05) is 187 Å². The Balaban J connectivity index is 0. The summed E-state index contributed by atoms with van der Waals surface area (Å²) in [5, 5.41) is 0. The molecule has 2 rings (SSSR count). The van der Waals surface area contributed by atoms with E-state index in [1.807, 2.05) is 0 Å². The molecule has 0 bridgehead atoms. The first-order chi connectivity index (χ1) is 18.8. The Bertz CT molecular complexity index is 621. The predicted octanol–water partition coefficient (Wildman–Crippen LogP) is 14.6. The van der Waals surface area contributed by atoms with E-state index in [0.29, 0.717) is 11.8 Å². The van der Waals surface area contributed by atoms with Crippen LogP contribution in [0.4, 0.5) is 0 Å². The predicted molar refractivity (Wildman–Crippen MR) is 188 cm³/mol. The standard InChI is InChI=1S/C24H42.C9H18.C6H12.CH4/c1-8-20(6)15-23(18(2)3)16-21(7)17-24(19(4)5)22-13-11-9-10-12-14-22;1-3-5-7-9-8-6-4-2;1-2-4-6-5-3-1;/h16,18,20,22,24H,4,7-15,17H2,1-3,5-6H3;7,9H,3-6,8H2,1-2H3;1-6H2;1H4/b23-16-;9-7-;;/t20?,24-;;;/m1.../s1. The van der Waals surface area contributed by atoms with Crippen molar-refractivity contribution in [3.63, 3.8) is 0 Å². The van der Waals surface area contributed by atoms with Gasteiger partial charge in [0.1, 0.15) is 0 Å². The highest BCUT2D eigenvalue weighted by molar-refractivity contribution is 5.24. The lowest BCUT2D eigenvalue weighted by atomic mass is 9.78. The zero-order valence-corrected chi connectivity index (χ0v) is 28.1. The van der Waals surface area contributed by atoms with Crippen molar-refractivity contribution < 1.29 is 0 Å². The number of hydrogen-bond donors (Lipinski definition) is 0. The molecule has 0 aromatic carbocycles. The maximum atomic E-state index is 4.43. The van der Waals surface area contributed by atoms with Crippen LogP contribution < -0.4 is 0 Å². The quantitative estimate of drug-likeness (QED) is 0.0863. The molecular weight excluding hydrogens is 480 g/mol. The second kappa shape index (κ2) is 28.1. The zero-order chi connectivity index (χ0) is 29.3. The van der Waals surface area contributed by atoms with Crippen LogP contribution in [0.5, 0.6) is 0 Å². The average molecular weight is 557 g/mol. The van der Waals surface area contributed by atoms with Crippen molar-refractivity contribution in [3.8, 4) is 0 Å². The van der Waals surface area contributed by atoms with E-state index < -0.39 is 0 Å². The largest absolute Gasteiger partial charge is 0.0998 e. The van der Waals surface area contributed by atoms with E-state index in [1.54, 1.807) is 5.57 Å². The first-order valence-electron chi connectivity index (χ1n) is 17.4. The molecule has 2 aliphatic rings. The highest BCUT2D eigenvalue weighted by Crippen LogP contribution is 2.36. The van der Waals surface area contributed by atoms with Gasteiger partial charge in [0.25, 0.3) is 0 Å². The molecule has 236 valence electrons. The van der Waals surface area contributed by atoms with E-state index in [1.165, 1.54) is 133 Å². The molecule has 2 aliphatic carbocycles. The maximum absolute atomic E-state index is 4.43. The first-order valence-corrected chi connectivity index (χ1v) is 17.4. The molecule has 0 N–H and O–H groups in total. The molecular formula is C40H76. The van der Waals surface area contributed by atoms with Crippen LogP contribution in [-0.4, -0.2) is 0 Å². The molecule has 0 amide bonds. The Morgan fingerprint density at radius 2 is 1.23 bits per heavy atom. The van der Waals surface area contributed by atoms with Crippen molar-refractivity contribution in [2.45, 2.75) is 184 Å². The SMILES string of the molecule is C.C1CCCCC1.C=C(/C=C(/CC(C)CC)C(C)C)C[C@H](C(=C)C)C1CCCCCC1.CCC/C=C\CCCC. The minimum absolute atomic E-state index is 0. The van der Waals surface area contributed by atoms with Gasteiger partial charge >= 0.3 is 0 Å². The fourth-order valence-electron chi connectivity index (χ4n) is 5.85. The fourth-order valence-corrected chi connectivity index (χ4v) is 5.85. The molecule has 1 unspecified atom stereocenters. The Labute approximate surface area is 255 Å². The third-order valence-corrected chi connectivity index (χ3v) is 8.84.